The predicted octanol–water partition coefficient (Wildman–Crippen LogP) is 3.55. The van der Waals surface area contributed by atoms with E-state index in [0.717, 1.165) is 12.0 Å². The third-order valence-corrected chi connectivity index (χ3v) is 5.30. The van der Waals surface area contributed by atoms with Crippen LogP contribution in [0.1, 0.15) is 28.8 Å². The standard InChI is InChI=1S/C22H23ClN2O4/c1-29-22(28)16-9-10-19(18(23)13-16)24-21(27)17-8-5-11-25(14-17)20(26)12-15-6-3-2-4-7-15/h2-4,6-7,9-10,13,17H,5,8,11-12,14H2,1H3,(H,24,27). The molecule has 7 heteroatoms. The van der Waals surface area contributed by atoms with E-state index in [0.29, 0.717) is 37.2 Å². The monoisotopic (exact) mass is 414 g/mol. The second-order valence-corrected chi connectivity index (χ2v) is 7.42. The van der Waals surface area contributed by atoms with E-state index in [1.165, 1.54) is 13.2 Å². The quantitative estimate of drug-likeness (QED) is 0.759. The Kier molecular flexibility index (Phi) is 6.88. The molecule has 1 aliphatic rings. The lowest BCUT2D eigenvalue weighted by Gasteiger charge is -2.32. The number of benzene rings is 2. The number of carbonyl (C=O) groups excluding carboxylic acids is 3. The van der Waals surface area contributed by atoms with Crippen molar-refractivity contribution in [3.05, 3.63) is 64.7 Å². The van der Waals surface area contributed by atoms with Gasteiger partial charge in [-0.15, -0.1) is 0 Å². The van der Waals surface area contributed by atoms with Crippen LogP contribution >= 0.6 is 11.6 Å². The van der Waals surface area contributed by atoms with Gasteiger partial charge in [-0.25, -0.2) is 4.79 Å². The van der Waals surface area contributed by atoms with E-state index >= 15 is 0 Å². The number of hydrogen-bond acceptors (Lipinski definition) is 4. The van der Waals surface area contributed by atoms with Gasteiger partial charge >= 0.3 is 5.97 Å². The second-order valence-electron chi connectivity index (χ2n) is 7.02. The average Bonchev–Trinajstić information content (AvgIpc) is 2.75. The van der Waals surface area contributed by atoms with Gasteiger partial charge in [0.15, 0.2) is 0 Å². The summed E-state index contributed by atoms with van der Waals surface area (Å²) in [7, 11) is 1.29. The Balaban J connectivity index is 1.61. The number of anilines is 1. The van der Waals surface area contributed by atoms with Crippen molar-refractivity contribution in [2.75, 3.05) is 25.5 Å². The Hall–Kier alpha value is -2.86. The Labute approximate surface area is 174 Å². The fourth-order valence-corrected chi connectivity index (χ4v) is 3.62. The van der Waals surface area contributed by atoms with Crippen molar-refractivity contribution in [2.24, 2.45) is 5.92 Å². The first-order valence-electron chi connectivity index (χ1n) is 9.48. The molecule has 2 amide bonds. The maximum absolute atomic E-state index is 12.7. The zero-order chi connectivity index (χ0) is 20.8. The molecule has 1 saturated heterocycles. The third kappa shape index (κ3) is 5.35. The van der Waals surface area contributed by atoms with Gasteiger partial charge in [0.2, 0.25) is 11.8 Å². The first-order chi connectivity index (χ1) is 14.0. The highest BCUT2D eigenvalue weighted by Crippen LogP contribution is 2.26. The zero-order valence-electron chi connectivity index (χ0n) is 16.2. The lowest BCUT2D eigenvalue weighted by Crippen LogP contribution is -2.44. The minimum absolute atomic E-state index is 0.0224. The van der Waals surface area contributed by atoms with Crippen molar-refractivity contribution < 1.29 is 19.1 Å². The van der Waals surface area contributed by atoms with Gasteiger partial charge in [-0.05, 0) is 36.6 Å². The van der Waals surface area contributed by atoms with E-state index in [-0.39, 0.29) is 22.8 Å². The van der Waals surface area contributed by atoms with E-state index in [1.807, 2.05) is 30.3 Å². The van der Waals surface area contributed by atoms with Gasteiger partial charge in [0.25, 0.3) is 0 Å². The summed E-state index contributed by atoms with van der Waals surface area (Å²) >= 11 is 6.20. The summed E-state index contributed by atoms with van der Waals surface area (Å²) in [5, 5.41) is 3.07. The molecule has 3 rings (SSSR count). The highest BCUT2D eigenvalue weighted by molar-refractivity contribution is 6.34. The topological polar surface area (TPSA) is 75.7 Å². The molecule has 0 saturated carbocycles. The molecule has 6 nitrogen and oxygen atoms in total. The molecule has 0 aliphatic carbocycles. The van der Waals surface area contributed by atoms with Crippen molar-refractivity contribution in [3.63, 3.8) is 0 Å². The van der Waals surface area contributed by atoms with Crippen LogP contribution in [0, 0.1) is 5.92 Å². The van der Waals surface area contributed by atoms with Crippen LogP contribution in [0.25, 0.3) is 0 Å². The van der Waals surface area contributed by atoms with E-state index in [4.69, 9.17) is 11.6 Å². The van der Waals surface area contributed by atoms with Crippen molar-refractivity contribution in [1.29, 1.82) is 0 Å². The van der Waals surface area contributed by atoms with Crippen LogP contribution in [0.2, 0.25) is 5.02 Å². The van der Waals surface area contributed by atoms with Crippen molar-refractivity contribution in [1.82, 2.24) is 4.90 Å². The number of nitrogens with zero attached hydrogens (tertiary/aromatic N) is 1. The Morgan fingerprint density at radius 3 is 2.62 bits per heavy atom. The SMILES string of the molecule is COC(=O)c1ccc(NC(=O)C2CCCN(C(=O)Cc3ccccc3)C2)c(Cl)c1. The number of methoxy groups -OCH3 is 1. The zero-order valence-corrected chi connectivity index (χ0v) is 16.9. The minimum Gasteiger partial charge on any atom is -0.465 e. The number of nitrogens with one attached hydrogen (secondary N) is 1. The lowest BCUT2D eigenvalue weighted by atomic mass is 9.96. The number of rotatable bonds is 5. The summed E-state index contributed by atoms with van der Waals surface area (Å²) in [5.41, 5.74) is 1.70. The Bertz CT molecular complexity index is 901. The number of piperidine rings is 1. The van der Waals surface area contributed by atoms with Gasteiger partial charge in [-0.1, -0.05) is 41.9 Å². The van der Waals surface area contributed by atoms with Crippen LogP contribution in [0.5, 0.6) is 0 Å². The largest absolute Gasteiger partial charge is 0.465 e. The van der Waals surface area contributed by atoms with Crippen LogP contribution in [0.3, 0.4) is 0 Å². The fourth-order valence-electron chi connectivity index (χ4n) is 3.40. The van der Waals surface area contributed by atoms with Crippen molar-refractivity contribution in [3.8, 4) is 0 Å². The molecule has 1 heterocycles. The van der Waals surface area contributed by atoms with Crippen LogP contribution in [0.15, 0.2) is 48.5 Å². The predicted molar refractivity (Wildman–Crippen MR) is 111 cm³/mol. The Morgan fingerprint density at radius 2 is 1.93 bits per heavy atom. The Morgan fingerprint density at radius 1 is 1.17 bits per heavy atom. The van der Waals surface area contributed by atoms with E-state index in [1.54, 1.807) is 17.0 Å². The summed E-state index contributed by atoms with van der Waals surface area (Å²) in [6.07, 6.45) is 1.81. The highest BCUT2D eigenvalue weighted by atomic mass is 35.5. The minimum atomic E-state index is -0.496. The van der Waals surface area contributed by atoms with Crippen LogP contribution < -0.4 is 5.32 Å². The van der Waals surface area contributed by atoms with Gasteiger partial charge in [0.05, 0.1) is 35.7 Å². The molecule has 0 spiro atoms. The normalized spacial score (nSPS) is 16.2. The molecule has 0 aromatic heterocycles. The number of halogens is 1. The number of hydrogen-bond donors (Lipinski definition) is 1. The van der Waals surface area contributed by atoms with E-state index in [9.17, 15) is 14.4 Å². The number of likely N-dealkylation sites (tertiary alicyclic amines) is 1. The molecule has 1 aliphatic heterocycles. The van der Waals surface area contributed by atoms with Crippen LogP contribution in [-0.2, 0) is 20.7 Å². The number of carbonyl (C=O) groups is 3. The van der Waals surface area contributed by atoms with Gasteiger partial charge in [-0.2, -0.15) is 0 Å². The molecular formula is C22H23ClN2O4. The smallest absolute Gasteiger partial charge is 0.337 e. The molecule has 29 heavy (non-hydrogen) atoms. The fraction of sp³-hybridized carbons (Fsp3) is 0.318. The molecular weight excluding hydrogens is 392 g/mol. The summed E-state index contributed by atoms with van der Waals surface area (Å²) in [4.78, 5) is 38.7. The van der Waals surface area contributed by atoms with Gasteiger partial charge in [0, 0.05) is 13.1 Å². The molecule has 1 unspecified atom stereocenters. The number of esters is 1. The summed E-state index contributed by atoms with van der Waals surface area (Å²) < 4.78 is 4.66. The number of amides is 2. The average molecular weight is 415 g/mol. The first kappa shape index (κ1) is 20.9. The molecule has 1 fully saturated rings. The van der Waals surface area contributed by atoms with Crippen molar-refractivity contribution >= 4 is 35.1 Å². The molecule has 1 N–H and O–H groups in total. The molecule has 152 valence electrons. The van der Waals surface area contributed by atoms with Gasteiger partial charge < -0.3 is 15.0 Å². The van der Waals surface area contributed by atoms with Crippen molar-refractivity contribution in [2.45, 2.75) is 19.3 Å². The van der Waals surface area contributed by atoms with Crippen LogP contribution in [-0.4, -0.2) is 42.9 Å². The molecule has 0 bridgehead atoms. The number of ether oxygens (including phenoxy) is 1. The summed E-state index contributed by atoms with van der Waals surface area (Å²) in [6, 6.07) is 14.2. The highest BCUT2D eigenvalue weighted by Gasteiger charge is 2.28. The van der Waals surface area contributed by atoms with Gasteiger partial charge in [0.1, 0.15) is 0 Å². The van der Waals surface area contributed by atoms with E-state index in [2.05, 4.69) is 10.1 Å². The molecule has 0 radical (unpaired) electrons. The lowest BCUT2D eigenvalue weighted by molar-refractivity contribution is -0.133. The van der Waals surface area contributed by atoms with E-state index < -0.39 is 5.97 Å². The summed E-state index contributed by atoms with van der Waals surface area (Å²) in [6.45, 7) is 1.04. The molecule has 2 aromatic carbocycles. The molecule has 2 aromatic rings. The first-order valence-corrected chi connectivity index (χ1v) is 9.86. The van der Waals surface area contributed by atoms with Crippen LogP contribution in [0.4, 0.5) is 5.69 Å². The van der Waals surface area contributed by atoms with Gasteiger partial charge in [-0.3, -0.25) is 9.59 Å². The molecule has 1 atom stereocenters. The maximum Gasteiger partial charge on any atom is 0.337 e. The second kappa shape index (κ2) is 9.56. The third-order valence-electron chi connectivity index (χ3n) is 4.99. The summed E-state index contributed by atoms with van der Waals surface area (Å²) in [5.74, 6) is -0.964. The maximum atomic E-state index is 12.7.